The molecule has 0 spiro atoms. The van der Waals surface area contributed by atoms with Crippen molar-refractivity contribution in [3.63, 3.8) is 0 Å². The number of halogens is 1. The Morgan fingerprint density at radius 2 is 1.75 bits per heavy atom. The summed E-state index contributed by atoms with van der Waals surface area (Å²) >= 11 is 0. The molecule has 2 bridgehead atoms. The molecule has 0 aromatic rings. The molecule has 0 saturated heterocycles. The van der Waals surface area contributed by atoms with E-state index in [1.54, 1.807) is 0 Å². The van der Waals surface area contributed by atoms with Crippen LogP contribution in [0.2, 0.25) is 0 Å². The molecule has 116 valence electrons. The number of hydrogen-bond acceptors (Lipinski definition) is 2. The minimum atomic E-state index is 0. The van der Waals surface area contributed by atoms with Gasteiger partial charge in [-0.1, -0.05) is 19.3 Å². The molecule has 2 N–H and O–H groups in total. The first-order valence-corrected chi connectivity index (χ1v) is 8.15. The van der Waals surface area contributed by atoms with Crippen LogP contribution in [-0.2, 0) is 4.79 Å². The van der Waals surface area contributed by atoms with Crippen LogP contribution in [0.3, 0.4) is 0 Å². The highest BCUT2D eigenvalue weighted by atomic mass is 35.5. The van der Waals surface area contributed by atoms with Crippen LogP contribution in [0.5, 0.6) is 0 Å². The van der Waals surface area contributed by atoms with Gasteiger partial charge in [-0.05, 0) is 49.9 Å². The molecule has 0 heterocycles. The number of amides is 1. The van der Waals surface area contributed by atoms with E-state index in [4.69, 9.17) is 5.73 Å². The zero-order chi connectivity index (χ0) is 13.4. The van der Waals surface area contributed by atoms with Gasteiger partial charge in [0.25, 0.3) is 0 Å². The number of carbonyl (C=O) groups excluding carboxylic acids is 1. The molecule has 2 atom stereocenters. The Bertz CT molecular complexity index is 331. The summed E-state index contributed by atoms with van der Waals surface area (Å²) in [6, 6.07) is 0.370. The first-order chi connectivity index (χ1) is 9.15. The van der Waals surface area contributed by atoms with Gasteiger partial charge in [0.05, 0.1) is 0 Å². The van der Waals surface area contributed by atoms with Crippen molar-refractivity contribution in [3.05, 3.63) is 0 Å². The van der Waals surface area contributed by atoms with Crippen molar-refractivity contribution < 1.29 is 4.79 Å². The molecule has 3 fully saturated rings. The van der Waals surface area contributed by atoms with E-state index in [1.807, 2.05) is 11.9 Å². The molecule has 20 heavy (non-hydrogen) atoms. The summed E-state index contributed by atoms with van der Waals surface area (Å²) in [5.41, 5.74) is 6.30. The molecule has 3 rings (SSSR count). The van der Waals surface area contributed by atoms with Crippen LogP contribution < -0.4 is 5.73 Å². The third kappa shape index (κ3) is 3.48. The molecular formula is C16H29ClN2O. The van der Waals surface area contributed by atoms with Crippen molar-refractivity contribution in [2.75, 3.05) is 13.6 Å². The lowest BCUT2D eigenvalue weighted by Crippen LogP contribution is -2.49. The highest BCUT2D eigenvalue weighted by Gasteiger charge is 2.41. The van der Waals surface area contributed by atoms with E-state index >= 15 is 0 Å². The summed E-state index contributed by atoms with van der Waals surface area (Å²) < 4.78 is 0. The lowest BCUT2D eigenvalue weighted by Gasteiger charge is -2.44. The number of nitrogens with two attached hydrogens (primary N) is 1. The topological polar surface area (TPSA) is 46.3 Å². The first-order valence-electron chi connectivity index (χ1n) is 8.15. The van der Waals surface area contributed by atoms with Crippen molar-refractivity contribution in [2.24, 2.45) is 29.4 Å². The fourth-order valence-electron chi connectivity index (χ4n) is 4.20. The van der Waals surface area contributed by atoms with Gasteiger partial charge in [0.15, 0.2) is 0 Å². The van der Waals surface area contributed by atoms with Gasteiger partial charge >= 0.3 is 0 Å². The first kappa shape index (κ1) is 16.1. The normalized spacial score (nSPS) is 36.1. The Labute approximate surface area is 129 Å². The Hall–Kier alpha value is -0.280. The van der Waals surface area contributed by atoms with E-state index in [1.165, 1.54) is 38.5 Å². The average molecular weight is 301 g/mol. The minimum Gasteiger partial charge on any atom is -0.346 e. The van der Waals surface area contributed by atoms with Crippen LogP contribution in [0, 0.1) is 23.7 Å². The van der Waals surface area contributed by atoms with Gasteiger partial charge in [-0.2, -0.15) is 0 Å². The van der Waals surface area contributed by atoms with Gasteiger partial charge in [0.2, 0.25) is 5.91 Å². The molecule has 3 aliphatic rings. The molecule has 4 heteroatoms. The van der Waals surface area contributed by atoms with Gasteiger partial charge < -0.3 is 10.6 Å². The number of carbonyl (C=O) groups is 1. The van der Waals surface area contributed by atoms with Gasteiger partial charge in [-0.3, -0.25) is 4.79 Å². The molecular weight excluding hydrogens is 272 g/mol. The van der Waals surface area contributed by atoms with E-state index in [9.17, 15) is 4.79 Å². The van der Waals surface area contributed by atoms with Crippen LogP contribution >= 0.6 is 12.4 Å². The molecule has 0 aromatic carbocycles. The Morgan fingerprint density at radius 1 is 1.15 bits per heavy atom. The van der Waals surface area contributed by atoms with Crippen LogP contribution in [0.1, 0.15) is 51.4 Å². The molecule has 3 saturated carbocycles. The summed E-state index contributed by atoms with van der Waals surface area (Å²) in [5.74, 6) is 2.79. The predicted molar refractivity (Wildman–Crippen MR) is 83.8 cm³/mol. The minimum absolute atomic E-state index is 0. The van der Waals surface area contributed by atoms with Crippen molar-refractivity contribution in [3.8, 4) is 0 Å². The van der Waals surface area contributed by atoms with Crippen LogP contribution in [-0.4, -0.2) is 30.4 Å². The van der Waals surface area contributed by atoms with Gasteiger partial charge in [0.1, 0.15) is 0 Å². The summed E-state index contributed by atoms with van der Waals surface area (Å²) in [5, 5.41) is 0. The summed E-state index contributed by atoms with van der Waals surface area (Å²) in [4.78, 5) is 14.5. The monoisotopic (exact) mass is 300 g/mol. The maximum atomic E-state index is 12.6. The van der Waals surface area contributed by atoms with Crippen molar-refractivity contribution >= 4 is 18.3 Å². The van der Waals surface area contributed by atoms with Crippen molar-refractivity contribution in [1.29, 1.82) is 0 Å². The summed E-state index contributed by atoms with van der Waals surface area (Å²) in [7, 11) is 2.00. The van der Waals surface area contributed by atoms with Crippen molar-refractivity contribution in [1.82, 2.24) is 4.90 Å². The Balaban J connectivity index is 0.00000147. The maximum absolute atomic E-state index is 12.6. The molecule has 3 nitrogen and oxygen atoms in total. The maximum Gasteiger partial charge on any atom is 0.225 e. The second kappa shape index (κ2) is 6.65. The zero-order valence-corrected chi connectivity index (χ0v) is 13.4. The van der Waals surface area contributed by atoms with E-state index in [-0.39, 0.29) is 18.3 Å². The number of rotatable bonds is 4. The molecule has 0 radical (unpaired) electrons. The van der Waals surface area contributed by atoms with Crippen LogP contribution in [0.25, 0.3) is 0 Å². The number of hydrogen-bond donors (Lipinski definition) is 1. The second-order valence-corrected chi connectivity index (χ2v) is 7.19. The molecule has 0 aromatic heterocycles. The van der Waals surface area contributed by atoms with E-state index in [0.717, 1.165) is 25.3 Å². The Kier molecular flexibility index (Phi) is 5.36. The highest BCUT2D eigenvalue weighted by molar-refractivity contribution is 5.85. The van der Waals surface area contributed by atoms with Crippen LogP contribution in [0.4, 0.5) is 0 Å². The Morgan fingerprint density at radius 3 is 2.30 bits per heavy atom. The lowest BCUT2D eigenvalue weighted by atomic mass is 9.65. The third-order valence-electron chi connectivity index (χ3n) is 5.71. The van der Waals surface area contributed by atoms with Crippen LogP contribution in [0.15, 0.2) is 0 Å². The molecule has 0 aliphatic heterocycles. The second-order valence-electron chi connectivity index (χ2n) is 7.19. The SMILES string of the molecule is CN(CCC1CC1)C(=O)C1CC2CCCC(C1)C2N.Cl. The lowest BCUT2D eigenvalue weighted by molar-refractivity contribution is -0.137. The summed E-state index contributed by atoms with van der Waals surface area (Å²) in [6.07, 6.45) is 9.87. The largest absolute Gasteiger partial charge is 0.346 e. The van der Waals surface area contributed by atoms with Gasteiger partial charge in [-0.25, -0.2) is 0 Å². The van der Waals surface area contributed by atoms with Gasteiger partial charge in [-0.15, -0.1) is 12.4 Å². The van der Waals surface area contributed by atoms with Crippen molar-refractivity contribution in [2.45, 2.75) is 57.4 Å². The average Bonchev–Trinajstić information content (AvgIpc) is 3.18. The fraction of sp³-hybridized carbons (Fsp3) is 0.938. The fourth-order valence-corrected chi connectivity index (χ4v) is 4.20. The number of fused-ring (bicyclic) bond motifs is 2. The molecule has 3 aliphatic carbocycles. The van der Waals surface area contributed by atoms with E-state index in [2.05, 4.69) is 0 Å². The smallest absolute Gasteiger partial charge is 0.225 e. The molecule has 2 unspecified atom stereocenters. The van der Waals surface area contributed by atoms with E-state index < -0.39 is 0 Å². The number of nitrogens with zero attached hydrogens (tertiary/aromatic N) is 1. The quantitative estimate of drug-likeness (QED) is 0.868. The summed E-state index contributed by atoms with van der Waals surface area (Å²) in [6.45, 7) is 0.960. The predicted octanol–water partition coefficient (Wildman–Crippen LogP) is 2.82. The van der Waals surface area contributed by atoms with E-state index in [0.29, 0.717) is 23.8 Å². The standard InChI is InChI=1S/C16H28N2O.ClH/c1-18(8-7-11-5-6-11)16(19)14-9-12-3-2-4-13(10-14)15(12)17;/h11-15H,2-10,17H2,1H3;1H. The highest BCUT2D eigenvalue weighted by Crippen LogP contribution is 2.42. The third-order valence-corrected chi connectivity index (χ3v) is 5.71. The van der Waals surface area contributed by atoms with Gasteiger partial charge in [0, 0.05) is 25.6 Å². The zero-order valence-electron chi connectivity index (χ0n) is 12.6. The molecule has 1 amide bonds.